The number of fused-ring (bicyclic) bond motifs is 1. The Bertz CT molecular complexity index is 601. The van der Waals surface area contributed by atoms with Gasteiger partial charge in [-0.25, -0.2) is 4.98 Å². The summed E-state index contributed by atoms with van der Waals surface area (Å²) < 4.78 is 0. The third-order valence-corrected chi connectivity index (χ3v) is 2.06. The van der Waals surface area contributed by atoms with Crippen LogP contribution in [0.2, 0.25) is 0 Å². The number of aliphatic carboxylic acids is 1. The van der Waals surface area contributed by atoms with E-state index in [1.54, 1.807) is 24.5 Å². The van der Waals surface area contributed by atoms with Crippen LogP contribution < -0.4 is 10.4 Å². The molecule has 0 spiro atoms. The molecule has 2 N–H and O–H groups in total. The molecule has 0 fully saturated rings. The molecule has 86 valence electrons. The Labute approximate surface area is 96.0 Å². The molecule has 6 nitrogen and oxygen atoms in total. The number of benzene rings is 1. The van der Waals surface area contributed by atoms with E-state index in [-0.39, 0.29) is 0 Å². The van der Waals surface area contributed by atoms with E-state index in [1.165, 1.54) is 0 Å². The van der Waals surface area contributed by atoms with Crippen molar-refractivity contribution in [3.8, 4) is 0 Å². The lowest BCUT2D eigenvalue weighted by Gasteiger charge is -2.01. The number of H-pyrrole nitrogens is 1. The molecular weight excluding hydrogens is 222 g/mol. The number of anilines is 1. The molecule has 0 unspecified atom stereocenters. The topological polar surface area (TPSA) is 97.9 Å². The molecule has 0 saturated heterocycles. The van der Waals surface area contributed by atoms with Crippen molar-refractivity contribution in [1.29, 1.82) is 0 Å². The average molecular weight is 230 g/mol. The molecule has 17 heavy (non-hydrogen) atoms. The molecule has 2 aromatic rings. The van der Waals surface area contributed by atoms with Crippen molar-refractivity contribution in [2.75, 3.05) is 5.32 Å². The Morgan fingerprint density at radius 3 is 2.94 bits per heavy atom. The Morgan fingerprint density at radius 1 is 1.35 bits per heavy atom. The second-order valence-electron chi connectivity index (χ2n) is 3.28. The van der Waals surface area contributed by atoms with Gasteiger partial charge in [0, 0.05) is 11.8 Å². The predicted octanol–water partition coefficient (Wildman–Crippen LogP) is -0.193. The van der Waals surface area contributed by atoms with Gasteiger partial charge in [0.1, 0.15) is 0 Å². The fraction of sp³-hybridized carbons (Fsp3) is 0. The van der Waals surface area contributed by atoms with E-state index in [0.29, 0.717) is 11.8 Å². The lowest BCUT2D eigenvalue weighted by atomic mass is 10.2. The third-order valence-electron chi connectivity index (χ3n) is 2.06. The summed E-state index contributed by atoms with van der Waals surface area (Å²) in [4.78, 5) is 28.3. The summed E-state index contributed by atoms with van der Waals surface area (Å²) in [6.07, 6.45) is 3.11. The van der Waals surface area contributed by atoms with Crippen LogP contribution >= 0.6 is 0 Å². The minimum Gasteiger partial charge on any atom is -0.545 e. The standard InChI is InChI=1S/C11H9N3O3/c15-10(3-4-11(16)17)14-7-1-2-8-9(5-7)13-6-12-8/h1-6H,(H,12,13)(H,14,15)(H,16,17)/p-1/b4-3+. The van der Waals surface area contributed by atoms with Gasteiger partial charge in [0.25, 0.3) is 0 Å². The lowest BCUT2D eigenvalue weighted by Crippen LogP contribution is -2.20. The summed E-state index contributed by atoms with van der Waals surface area (Å²) in [5.74, 6) is -1.95. The smallest absolute Gasteiger partial charge is 0.248 e. The van der Waals surface area contributed by atoms with Crippen LogP contribution in [0.5, 0.6) is 0 Å². The molecule has 1 amide bonds. The molecular formula is C11H8N3O3-. The van der Waals surface area contributed by atoms with Crippen LogP contribution in [0.4, 0.5) is 5.69 Å². The van der Waals surface area contributed by atoms with Gasteiger partial charge >= 0.3 is 0 Å². The number of hydrogen-bond donors (Lipinski definition) is 2. The van der Waals surface area contributed by atoms with E-state index >= 15 is 0 Å². The maximum Gasteiger partial charge on any atom is 0.248 e. The Balaban J connectivity index is 2.12. The molecule has 0 saturated carbocycles. The van der Waals surface area contributed by atoms with Crippen molar-refractivity contribution < 1.29 is 14.7 Å². The summed E-state index contributed by atoms with van der Waals surface area (Å²) in [5.41, 5.74) is 2.12. The van der Waals surface area contributed by atoms with Gasteiger partial charge in [0.2, 0.25) is 5.91 Å². The van der Waals surface area contributed by atoms with Crippen molar-refractivity contribution in [2.24, 2.45) is 0 Å². The predicted molar refractivity (Wildman–Crippen MR) is 58.9 cm³/mol. The zero-order valence-corrected chi connectivity index (χ0v) is 8.64. The van der Waals surface area contributed by atoms with E-state index in [4.69, 9.17) is 0 Å². The maximum atomic E-state index is 11.3. The minimum atomic E-state index is -1.41. The van der Waals surface area contributed by atoms with Crippen LogP contribution in [-0.2, 0) is 9.59 Å². The number of hydrogen-bond acceptors (Lipinski definition) is 4. The maximum absolute atomic E-state index is 11.3. The van der Waals surface area contributed by atoms with Gasteiger partial charge in [-0.05, 0) is 24.3 Å². The van der Waals surface area contributed by atoms with Crippen molar-refractivity contribution in [3.63, 3.8) is 0 Å². The summed E-state index contributed by atoms with van der Waals surface area (Å²) in [6, 6.07) is 5.12. The number of imidazole rings is 1. The summed E-state index contributed by atoms with van der Waals surface area (Å²) >= 11 is 0. The van der Waals surface area contributed by atoms with Crippen molar-refractivity contribution in [3.05, 3.63) is 36.7 Å². The van der Waals surface area contributed by atoms with E-state index in [0.717, 1.165) is 17.1 Å². The first-order valence-electron chi connectivity index (χ1n) is 4.78. The molecule has 0 aliphatic rings. The van der Waals surface area contributed by atoms with Gasteiger partial charge in [0.05, 0.1) is 23.3 Å². The SMILES string of the molecule is O=C([O-])/C=C/C(=O)Nc1ccc2nc[nH]c2c1. The first-order chi connectivity index (χ1) is 8.15. The van der Waals surface area contributed by atoms with Gasteiger partial charge in [-0.15, -0.1) is 0 Å². The zero-order valence-electron chi connectivity index (χ0n) is 8.64. The average Bonchev–Trinajstić information content (AvgIpc) is 2.73. The molecule has 0 bridgehead atoms. The summed E-state index contributed by atoms with van der Waals surface area (Å²) in [6.45, 7) is 0. The number of carbonyl (C=O) groups is 2. The molecule has 0 aliphatic carbocycles. The monoisotopic (exact) mass is 230 g/mol. The first kappa shape index (κ1) is 10.9. The molecule has 1 heterocycles. The van der Waals surface area contributed by atoms with Crippen molar-refractivity contribution >= 4 is 28.6 Å². The van der Waals surface area contributed by atoms with Crippen LogP contribution in [0.25, 0.3) is 11.0 Å². The number of carboxylic acid groups (broad SMARTS) is 1. The van der Waals surface area contributed by atoms with E-state index < -0.39 is 11.9 Å². The van der Waals surface area contributed by atoms with Crippen molar-refractivity contribution in [1.82, 2.24) is 9.97 Å². The molecule has 1 aromatic carbocycles. The molecule has 0 aliphatic heterocycles. The number of amides is 1. The molecule has 1 aromatic heterocycles. The molecule has 6 heteroatoms. The number of rotatable bonds is 3. The van der Waals surface area contributed by atoms with Crippen LogP contribution in [0.15, 0.2) is 36.7 Å². The lowest BCUT2D eigenvalue weighted by molar-refractivity contribution is -0.297. The molecule has 2 rings (SSSR count). The highest BCUT2D eigenvalue weighted by Gasteiger charge is 2.00. The van der Waals surface area contributed by atoms with Gasteiger partial charge in [0.15, 0.2) is 0 Å². The van der Waals surface area contributed by atoms with Crippen LogP contribution in [0.3, 0.4) is 0 Å². The van der Waals surface area contributed by atoms with Crippen LogP contribution in [-0.4, -0.2) is 21.8 Å². The van der Waals surface area contributed by atoms with Gasteiger partial charge in [-0.1, -0.05) is 0 Å². The fourth-order valence-corrected chi connectivity index (χ4v) is 1.34. The number of aromatic amines is 1. The number of nitrogens with one attached hydrogen (secondary N) is 2. The van der Waals surface area contributed by atoms with E-state index in [2.05, 4.69) is 15.3 Å². The van der Waals surface area contributed by atoms with Crippen LogP contribution in [0.1, 0.15) is 0 Å². The second kappa shape index (κ2) is 4.48. The first-order valence-corrected chi connectivity index (χ1v) is 4.78. The summed E-state index contributed by atoms with van der Waals surface area (Å²) in [5, 5.41) is 12.6. The molecule has 0 radical (unpaired) electrons. The Hall–Kier alpha value is -2.63. The number of aromatic nitrogens is 2. The quantitative estimate of drug-likeness (QED) is 0.714. The normalized spacial score (nSPS) is 10.8. The highest BCUT2D eigenvalue weighted by Crippen LogP contribution is 2.15. The number of carboxylic acids is 1. The van der Waals surface area contributed by atoms with E-state index in [9.17, 15) is 14.7 Å². The second-order valence-corrected chi connectivity index (χ2v) is 3.28. The van der Waals surface area contributed by atoms with Gasteiger partial charge in [-0.2, -0.15) is 0 Å². The number of nitrogens with zero attached hydrogens (tertiary/aromatic N) is 1. The third kappa shape index (κ3) is 2.69. The highest BCUT2D eigenvalue weighted by molar-refractivity contribution is 6.02. The largest absolute Gasteiger partial charge is 0.545 e. The fourth-order valence-electron chi connectivity index (χ4n) is 1.34. The Kier molecular flexibility index (Phi) is 2.87. The summed E-state index contributed by atoms with van der Waals surface area (Å²) in [7, 11) is 0. The number of carbonyl (C=O) groups excluding carboxylic acids is 2. The van der Waals surface area contributed by atoms with E-state index in [1.807, 2.05) is 0 Å². The zero-order chi connectivity index (χ0) is 12.3. The van der Waals surface area contributed by atoms with Crippen LogP contribution in [0, 0.1) is 0 Å². The van der Waals surface area contributed by atoms with Gasteiger partial charge < -0.3 is 20.2 Å². The van der Waals surface area contributed by atoms with Crippen molar-refractivity contribution in [2.45, 2.75) is 0 Å². The molecule has 0 atom stereocenters. The van der Waals surface area contributed by atoms with Gasteiger partial charge in [-0.3, -0.25) is 4.79 Å². The highest BCUT2D eigenvalue weighted by atomic mass is 16.4. The minimum absolute atomic E-state index is 0.534. The Morgan fingerprint density at radius 2 is 2.18 bits per heavy atom.